The van der Waals surface area contributed by atoms with Crippen molar-refractivity contribution in [1.82, 2.24) is 10.3 Å². The van der Waals surface area contributed by atoms with Crippen molar-refractivity contribution in [3.8, 4) is 17.3 Å². The van der Waals surface area contributed by atoms with Gasteiger partial charge in [0, 0.05) is 27.4 Å². The van der Waals surface area contributed by atoms with Gasteiger partial charge in [-0.25, -0.2) is 0 Å². The lowest BCUT2D eigenvalue weighted by atomic mass is 9.92. The van der Waals surface area contributed by atoms with Crippen LogP contribution in [0.4, 0.5) is 13.2 Å². The summed E-state index contributed by atoms with van der Waals surface area (Å²) in [6.45, 7) is -1.31. The standard InChI is InChI=1S/C22H16Cl2F3N3O/c23-16-8-15(9-17(24)10-16)19-18(2-1-7-29-19)21(31)20(30-12-22(25,26)27)14-5-3-13(11-28)4-6-14/h1-10,20-21,30-31H,12H2. The zero-order valence-electron chi connectivity index (χ0n) is 15.9. The Morgan fingerprint density at radius 3 is 2.29 bits per heavy atom. The van der Waals surface area contributed by atoms with Crippen molar-refractivity contribution in [2.45, 2.75) is 18.3 Å². The quantitative estimate of drug-likeness (QED) is 0.478. The van der Waals surface area contributed by atoms with Crippen LogP contribution in [0.15, 0.2) is 60.8 Å². The van der Waals surface area contributed by atoms with Gasteiger partial charge in [0.25, 0.3) is 0 Å². The number of nitriles is 1. The van der Waals surface area contributed by atoms with Crippen LogP contribution in [0.25, 0.3) is 11.3 Å². The summed E-state index contributed by atoms with van der Waals surface area (Å²) in [6, 6.07) is 14.7. The van der Waals surface area contributed by atoms with Crippen LogP contribution in [-0.2, 0) is 0 Å². The van der Waals surface area contributed by atoms with E-state index < -0.39 is 24.9 Å². The number of alkyl halides is 3. The summed E-state index contributed by atoms with van der Waals surface area (Å²) < 4.78 is 38.8. The lowest BCUT2D eigenvalue weighted by Gasteiger charge is -2.27. The molecule has 0 fully saturated rings. The minimum atomic E-state index is -4.48. The summed E-state index contributed by atoms with van der Waals surface area (Å²) in [6.07, 6.45) is -4.38. The lowest BCUT2D eigenvalue weighted by Crippen LogP contribution is -2.35. The molecule has 160 valence electrons. The van der Waals surface area contributed by atoms with E-state index in [1.807, 2.05) is 6.07 Å². The molecular weight excluding hydrogens is 450 g/mol. The van der Waals surface area contributed by atoms with Gasteiger partial charge in [-0.3, -0.25) is 10.3 Å². The molecule has 0 amide bonds. The highest BCUT2D eigenvalue weighted by atomic mass is 35.5. The number of benzene rings is 2. The largest absolute Gasteiger partial charge is 0.401 e. The van der Waals surface area contributed by atoms with Crippen LogP contribution < -0.4 is 5.32 Å². The maximum absolute atomic E-state index is 12.9. The van der Waals surface area contributed by atoms with Crippen LogP contribution in [0.1, 0.15) is 28.8 Å². The van der Waals surface area contributed by atoms with Gasteiger partial charge in [0.1, 0.15) is 6.10 Å². The van der Waals surface area contributed by atoms with Crippen LogP contribution in [-0.4, -0.2) is 22.8 Å². The molecule has 4 nitrogen and oxygen atoms in total. The van der Waals surface area contributed by atoms with Gasteiger partial charge in [-0.2, -0.15) is 18.4 Å². The highest BCUT2D eigenvalue weighted by molar-refractivity contribution is 6.35. The van der Waals surface area contributed by atoms with Gasteiger partial charge in [-0.1, -0.05) is 41.4 Å². The fourth-order valence-electron chi connectivity index (χ4n) is 3.17. The summed E-state index contributed by atoms with van der Waals surface area (Å²) in [5.41, 5.74) is 1.89. The van der Waals surface area contributed by atoms with E-state index in [-0.39, 0.29) is 0 Å². The zero-order valence-corrected chi connectivity index (χ0v) is 17.4. The molecule has 0 saturated heterocycles. The third-order valence-corrected chi connectivity index (χ3v) is 4.97. The Kier molecular flexibility index (Phi) is 7.19. The SMILES string of the molecule is N#Cc1ccc(C(NCC(F)(F)F)C(O)c2cccnc2-c2cc(Cl)cc(Cl)c2)cc1. The second kappa shape index (κ2) is 9.67. The molecule has 3 rings (SSSR count). The Morgan fingerprint density at radius 1 is 1.06 bits per heavy atom. The van der Waals surface area contributed by atoms with Gasteiger partial charge in [0.2, 0.25) is 0 Å². The number of nitrogens with one attached hydrogen (secondary N) is 1. The molecule has 3 aromatic rings. The van der Waals surface area contributed by atoms with Crippen molar-refractivity contribution in [3.05, 3.63) is 87.5 Å². The number of hydrogen-bond acceptors (Lipinski definition) is 4. The summed E-state index contributed by atoms with van der Waals surface area (Å²) in [5.74, 6) is 0. The van der Waals surface area contributed by atoms with Crippen molar-refractivity contribution in [3.63, 3.8) is 0 Å². The second-order valence-electron chi connectivity index (χ2n) is 6.75. The molecule has 2 aromatic carbocycles. The first kappa shape index (κ1) is 23.0. The molecule has 2 unspecified atom stereocenters. The molecule has 0 aliphatic carbocycles. The maximum Gasteiger partial charge on any atom is 0.401 e. The third-order valence-electron chi connectivity index (χ3n) is 4.53. The molecule has 9 heteroatoms. The number of pyridine rings is 1. The Balaban J connectivity index is 2.05. The molecule has 1 heterocycles. The highest BCUT2D eigenvalue weighted by Gasteiger charge is 2.32. The number of halogens is 5. The maximum atomic E-state index is 12.9. The Bertz CT molecular complexity index is 1080. The van der Waals surface area contributed by atoms with Crippen molar-refractivity contribution in [2.24, 2.45) is 0 Å². The van der Waals surface area contributed by atoms with Crippen LogP contribution in [0.5, 0.6) is 0 Å². The van der Waals surface area contributed by atoms with E-state index >= 15 is 0 Å². The van der Waals surface area contributed by atoms with Crippen molar-refractivity contribution < 1.29 is 18.3 Å². The fourth-order valence-corrected chi connectivity index (χ4v) is 3.70. The number of nitrogens with zero attached hydrogens (tertiary/aromatic N) is 2. The molecule has 0 saturated carbocycles. The van der Waals surface area contributed by atoms with Crippen LogP contribution in [0.3, 0.4) is 0 Å². The van der Waals surface area contributed by atoms with Gasteiger partial charge in [0.15, 0.2) is 0 Å². The summed E-state index contributed by atoms with van der Waals surface area (Å²) in [4.78, 5) is 4.29. The number of aromatic nitrogens is 1. The smallest absolute Gasteiger partial charge is 0.386 e. The van der Waals surface area contributed by atoms with Crippen molar-refractivity contribution in [1.29, 1.82) is 5.26 Å². The average molecular weight is 466 g/mol. The Labute approximate surface area is 186 Å². The van der Waals surface area contributed by atoms with Crippen molar-refractivity contribution >= 4 is 23.2 Å². The minimum Gasteiger partial charge on any atom is -0.386 e. The number of aliphatic hydroxyl groups excluding tert-OH is 1. The van der Waals surface area contributed by atoms with Crippen LogP contribution in [0, 0.1) is 11.3 Å². The van der Waals surface area contributed by atoms with E-state index in [4.69, 9.17) is 28.5 Å². The van der Waals surface area contributed by atoms with Crippen LogP contribution in [0.2, 0.25) is 10.0 Å². The molecule has 31 heavy (non-hydrogen) atoms. The van der Waals surface area contributed by atoms with Crippen molar-refractivity contribution in [2.75, 3.05) is 6.54 Å². The van der Waals surface area contributed by atoms with Crippen LogP contribution >= 0.6 is 23.2 Å². The van der Waals surface area contributed by atoms with Gasteiger partial charge >= 0.3 is 6.18 Å². The van der Waals surface area contributed by atoms with E-state index in [2.05, 4.69) is 10.3 Å². The summed E-state index contributed by atoms with van der Waals surface area (Å²) in [5, 5.41) is 23.2. The van der Waals surface area contributed by atoms with Gasteiger partial charge in [0.05, 0.1) is 29.9 Å². The summed E-state index contributed by atoms with van der Waals surface area (Å²) >= 11 is 12.2. The molecule has 0 aliphatic rings. The Hall–Kier alpha value is -2.63. The first-order valence-corrected chi connectivity index (χ1v) is 9.83. The highest BCUT2D eigenvalue weighted by Crippen LogP contribution is 2.36. The first-order valence-electron chi connectivity index (χ1n) is 9.07. The molecule has 0 radical (unpaired) electrons. The monoisotopic (exact) mass is 465 g/mol. The second-order valence-corrected chi connectivity index (χ2v) is 7.62. The molecular formula is C22H16Cl2F3N3O. The van der Waals surface area contributed by atoms with E-state index in [1.165, 1.54) is 36.5 Å². The summed E-state index contributed by atoms with van der Waals surface area (Å²) in [7, 11) is 0. The van der Waals surface area contributed by atoms with Gasteiger partial charge in [-0.05, 0) is 42.0 Å². The lowest BCUT2D eigenvalue weighted by molar-refractivity contribution is -0.128. The molecule has 2 atom stereocenters. The molecule has 1 aromatic heterocycles. The zero-order chi connectivity index (χ0) is 22.6. The number of aliphatic hydroxyl groups is 1. The first-order chi connectivity index (χ1) is 14.7. The topological polar surface area (TPSA) is 68.9 Å². The van der Waals surface area contributed by atoms with E-state index in [1.54, 1.807) is 24.3 Å². The fraction of sp³-hybridized carbons (Fsp3) is 0.182. The molecule has 2 N–H and O–H groups in total. The van der Waals surface area contributed by atoms with Gasteiger partial charge < -0.3 is 5.11 Å². The third kappa shape index (κ3) is 5.96. The Morgan fingerprint density at radius 2 is 1.71 bits per heavy atom. The van der Waals surface area contributed by atoms with E-state index in [0.29, 0.717) is 38.0 Å². The molecule has 0 bridgehead atoms. The average Bonchev–Trinajstić information content (AvgIpc) is 2.72. The molecule has 0 spiro atoms. The van der Waals surface area contributed by atoms with Gasteiger partial charge in [-0.15, -0.1) is 0 Å². The van der Waals surface area contributed by atoms with E-state index in [0.717, 1.165) is 0 Å². The normalized spacial score (nSPS) is 13.5. The predicted octanol–water partition coefficient (Wildman–Crippen LogP) is 5.85. The number of hydrogen-bond donors (Lipinski definition) is 2. The molecule has 0 aliphatic heterocycles. The van der Waals surface area contributed by atoms with E-state index in [9.17, 15) is 18.3 Å². The number of rotatable bonds is 6. The minimum absolute atomic E-state index is 0.296. The predicted molar refractivity (Wildman–Crippen MR) is 113 cm³/mol.